The lowest BCUT2D eigenvalue weighted by molar-refractivity contribution is -0.142. The molecule has 6 rings (SSSR count). The van der Waals surface area contributed by atoms with E-state index in [1.165, 1.54) is 0 Å². The molecule has 0 fully saturated rings. The molecule has 0 saturated carbocycles. The molecule has 0 saturated heterocycles. The minimum Gasteiger partial charge on any atom is -0.497 e. The van der Waals surface area contributed by atoms with Crippen LogP contribution in [0.4, 0.5) is 0 Å². The monoisotopic (exact) mass is 614 g/mol. The van der Waals surface area contributed by atoms with Crippen LogP contribution in [0.1, 0.15) is 18.1 Å². The van der Waals surface area contributed by atoms with Crippen molar-refractivity contribution in [1.29, 1.82) is 0 Å². The third-order valence-electron chi connectivity index (χ3n) is 7.41. The Kier molecular flexibility index (Phi) is 10.2. The van der Waals surface area contributed by atoms with Crippen molar-refractivity contribution in [2.24, 2.45) is 0 Å². The highest BCUT2D eigenvalue weighted by Gasteiger charge is 2.16. The van der Waals surface area contributed by atoms with Gasteiger partial charge in [-0.05, 0) is 76.7 Å². The number of fused-ring (bicyclic) bond motifs is 2. The maximum atomic E-state index is 12.0. The second-order valence-electron chi connectivity index (χ2n) is 10.4. The number of aromatic nitrogens is 2. The fourth-order valence-corrected chi connectivity index (χ4v) is 5.37. The Hall–Kier alpha value is -5.76. The van der Waals surface area contributed by atoms with Gasteiger partial charge in [0, 0.05) is 23.2 Å². The third kappa shape index (κ3) is 7.30. The number of carboxylic acids is 1. The lowest BCUT2D eigenvalue weighted by atomic mass is 9.95. The first-order valence-electron chi connectivity index (χ1n) is 14.8. The predicted molar refractivity (Wildman–Crippen MR) is 179 cm³/mol. The highest BCUT2D eigenvalue weighted by Crippen LogP contribution is 2.35. The molecule has 2 heterocycles. The van der Waals surface area contributed by atoms with E-state index in [2.05, 4.69) is 9.97 Å². The van der Waals surface area contributed by atoms with Crippen LogP contribution < -0.4 is 9.47 Å². The van der Waals surface area contributed by atoms with Crippen molar-refractivity contribution >= 4 is 33.7 Å². The van der Waals surface area contributed by atoms with Gasteiger partial charge in [-0.1, -0.05) is 60.7 Å². The Morgan fingerprint density at radius 1 is 0.652 bits per heavy atom. The standard InChI is InChI=1S/C20H19NO3.C18H15NO3/c1-3-24-19(22)11-15-13-21-18-10-9-16(23-2)12-17(18)20(15)14-7-5-4-6-8-14;1-22-14-7-8-16-15(10-14)18(12-5-3-2-4-6-12)13(11-19-16)9-17(20)21/h4-10,12-13H,3,11H2,1-2H3;2-8,10-11H,9H2,1H3,(H,20,21). The SMILES string of the molecule is CCOC(=O)Cc1cnc2ccc(OC)cc2c1-c1ccccc1.COc1ccc2ncc(CC(=O)O)c(-c3ccccc3)c2c1. The van der Waals surface area contributed by atoms with Gasteiger partial charge in [0.15, 0.2) is 0 Å². The maximum Gasteiger partial charge on any atom is 0.310 e. The van der Waals surface area contributed by atoms with Crippen LogP contribution in [0.3, 0.4) is 0 Å². The summed E-state index contributed by atoms with van der Waals surface area (Å²) in [5.41, 5.74) is 7.12. The molecule has 4 aromatic carbocycles. The molecule has 0 atom stereocenters. The topological polar surface area (TPSA) is 108 Å². The smallest absolute Gasteiger partial charge is 0.310 e. The van der Waals surface area contributed by atoms with E-state index in [9.17, 15) is 9.59 Å². The minimum atomic E-state index is -0.874. The summed E-state index contributed by atoms with van der Waals surface area (Å²) in [6, 6.07) is 31.1. The normalized spacial score (nSPS) is 10.6. The van der Waals surface area contributed by atoms with Crippen molar-refractivity contribution < 1.29 is 28.9 Å². The molecule has 46 heavy (non-hydrogen) atoms. The van der Waals surface area contributed by atoms with Crippen molar-refractivity contribution in [3.63, 3.8) is 0 Å². The highest BCUT2D eigenvalue weighted by molar-refractivity contribution is 5.99. The summed E-state index contributed by atoms with van der Waals surface area (Å²) in [5, 5.41) is 11.0. The summed E-state index contributed by atoms with van der Waals surface area (Å²) >= 11 is 0. The molecule has 6 aromatic rings. The Labute approximate surface area is 267 Å². The molecule has 0 aliphatic rings. The number of benzene rings is 4. The number of hydrogen-bond donors (Lipinski definition) is 1. The summed E-state index contributed by atoms with van der Waals surface area (Å²) in [6.07, 6.45) is 3.53. The number of methoxy groups -OCH3 is 2. The molecule has 0 aliphatic carbocycles. The zero-order chi connectivity index (χ0) is 32.5. The molecule has 232 valence electrons. The number of carbonyl (C=O) groups is 2. The molecular formula is C38H34N2O6. The van der Waals surface area contributed by atoms with E-state index in [0.29, 0.717) is 12.2 Å². The number of aliphatic carboxylic acids is 1. The molecule has 2 aromatic heterocycles. The molecule has 0 spiro atoms. The van der Waals surface area contributed by atoms with Crippen LogP contribution in [0.15, 0.2) is 109 Å². The number of esters is 1. The second-order valence-corrected chi connectivity index (χ2v) is 10.4. The van der Waals surface area contributed by atoms with Crippen LogP contribution >= 0.6 is 0 Å². The van der Waals surface area contributed by atoms with Crippen LogP contribution in [-0.2, 0) is 27.2 Å². The molecule has 0 radical (unpaired) electrons. The zero-order valence-corrected chi connectivity index (χ0v) is 25.9. The van der Waals surface area contributed by atoms with Gasteiger partial charge in [-0.3, -0.25) is 19.6 Å². The van der Waals surface area contributed by atoms with Gasteiger partial charge < -0.3 is 19.3 Å². The molecule has 0 unspecified atom stereocenters. The van der Waals surface area contributed by atoms with E-state index < -0.39 is 5.97 Å². The van der Waals surface area contributed by atoms with E-state index >= 15 is 0 Å². The Balaban J connectivity index is 0.000000182. The number of ether oxygens (including phenoxy) is 3. The molecule has 1 N–H and O–H groups in total. The number of rotatable bonds is 9. The van der Waals surface area contributed by atoms with E-state index in [-0.39, 0.29) is 18.8 Å². The van der Waals surface area contributed by atoms with Gasteiger partial charge in [-0.15, -0.1) is 0 Å². The van der Waals surface area contributed by atoms with Crippen LogP contribution in [0, 0.1) is 0 Å². The van der Waals surface area contributed by atoms with Crippen molar-refractivity contribution in [2.75, 3.05) is 20.8 Å². The van der Waals surface area contributed by atoms with Gasteiger partial charge in [-0.25, -0.2) is 0 Å². The summed E-state index contributed by atoms with van der Waals surface area (Å²) < 4.78 is 15.7. The van der Waals surface area contributed by atoms with E-state index in [4.69, 9.17) is 19.3 Å². The number of hydrogen-bond acceptors (Lipinski definition) is 7. The van der Waals surface area contributed by atoms with Crippen molar-refractivity contribution in [3.8, 4) is 33.8 Å². The van der Waals surface area contributed by atoms with Crippen molar-refractivity contribution in [3.05, 3.63) is 121 Å². The highest BCUT2D eigenvalue weighted by atomic mass is 16.5. The number of pyridine rings is 2. The van der Waals surface area contributed by atoms with Gasteiger partial charge in [0.25, 0.3) is 0 Å². The van der Waals surface area contributed by atoms with Crippen LogP contribution in [0.2, 0.25) is 0 Å². The maximum absolute atomic E-state index is 12.0. The average molecular weight is 615 g/mol. The first-order chi connectivity index (χ1) is 22.4. The third-order valence-corrected chi connectivity index (χ3v) is 7.41. The molecule has 8 heteroatoms. The number of carboxylic acid groups (broad SMARTS) is 1. The van der Waals surface area contributed by atoms with Gasteiger partial charge >= 0.3 is 11.9 Å². The average Bonchev–Trinajstić information content (AvgIpc) is 3.08. The number of carbonyl (C=O) groups excluding carboxylic acids is 1. The van der Waals surface area contributed by atoms with Crippen molar-refractivity contribution in [2.45, 2.75) is 19.8 Å². The molecular weight excluding hydrogens is 580 g/mol. The van der Waals surface area contributed by atoms with Crippen LogP contribution in [0.5, 0.6) is 11.5 Å². The predicted octanol–water partition coefficient (Wildman–Crippen LogP) is 7.55. The van der Waals surface area contributed by atoms with Gasteiger partial charge in [0.1, 0.15) is 11.5 Å². The summed E-state index contributed by atoms with van der Waals surface area (Å²) in [5.74, 6) is 0.355. The Morgan fingerprint density at radius 2 is 1.11 bits per heavy atom. The van der Waals surface area contributed by atoms with Gasteiger partial charge in [-0.2, -0.15) is 0 Å². The summed E-state index contributed by atoms with van der Waals surface area (Å²) in [4.78, 5) is 32.0. The lowest BCUT2D eigenvalue weighted by Gasteiger charge is -2.13. The van der Waals surface area contributed by atoms with Crippen molar-refractivity contribution in [1.82, 2.24) is 9.97 Å². The largest absolute Gasteiger partial charge is 0.497 e. The quantitative estimate of drug-likeness (QED) is 0.166. The number of nitrogens with zero attached hydrogens (tertiary/aromatic N) is 2. The van der Waals surface area contributed by atoms with Crippen LogP contribution in [0.25, 0.3) is 44.1 Å². The molecule has 0 aliphatic heterocycles. The van der Waals surface area contributed by atoms with E-state index in [0.717, 1.165) is 61.1 Å². The molecule has 8 nitrogen and oxygen atoms in total. The minimum absolute atomic E-state index is 0.0651. The Bertz CT molecular complexity index is 1980. The van der Waals surface area contributed by atoms with E-state index in [1.807, 2.05) is 97.1 Å². The van der Waals surface area contributed by atoms with Crippen LogP contribution in [-0.4, -0.2) is 47.8 Å². The molecule has 0 bridgehead atoms. The first-order valence-corrected chi connectivity index (χ1v) is 14.8. The Morgan fingerprint density at radius 3 is 1.52 bits per heavy atom. The zero-order valence-electron chi connectivity index (χ0n) is 25.9. The first kappa shape index (κ1) is 31.7. The fourth-order valence-electron chi connectivity index (χ4n) is 5.37. The van der Waals surface area contributed by atoms with E-state index in [1.54, 1.807) is 33.5 Å². The summed E-state index contributed by atoms with van der Waals surface area (Å²) in [6.45, 7) is 2.17. The van der Waals surface area contributed by atoms with Gasteiger partial charge in [0.2, 0.25) is 0 Å². The second kappa shape index (κ2) is 14.8. The lowest BCUT2D eigenvalue weighted by Crippen LogP contribution is -2.09. The van der Waals surface area contributed by atoms with Gasteiger partial charge in [0.05, 0.1) is 44.7 Å². The fraction of sp³-hybridized carbons (Fsp3) is 0.158. The summed E-state index contributed by atoms with van der Waals surface area (Å²) in [7, 11) is 3.25. The molecule has 0 amide bonds.